The number of hydrogen-bond donors (Lipinski definition) is 1. The third kappa shape index (κ3) is 2.82. The largest absolute Gasteiger partial charge is 0.397 e. The molecule has 3 nitrogen and oxygen atoms in total. The number of para-hydroxylation sites is 2. The minimum atomic E-state index is 0.739. The van der Waals surface area contributed by atoms with Crippen LogP contribution in [0.2, 0.25) is 0 Å². The molecular formula is C21H23N3. The SMILES string of the molecule is Nc1cccc2cccnc12.c1cc2c3c(c1)CCCN3CCC2. The normalized spacial score (nSPS) is 15.4. The highest BCUT2D eigenvalue weighted by atomic mass is 15.1. The van der Waals surface area contributed by atoms with Crippen LogP contribution in [0.25, 0.3) is 10.9 Å². The van der Waals surface area contributed by atoms with E-state index in [4.69, 9.17) is 5.73 Å². The Kier molecular flexibility index (Phi) is 4.08. The number of nitrogens with zero attached hydrogens (tertiary/aromatic N) is 2. The molecule has 0 saturated heterocycles. The predicted molar refractivity (Wildman–Crippen MR) is 101 cm³/mol. The Morgan fingerprint density at radius 2 is 1.50 bits per heavy atom. The molecular weight excluding hydrogens is 294 g/mol. The van der Waals surface area contributed by atoms with Crippen LogP contribution in [0.3, 0.4) is 0 Å². The van der Waals surface area contributed by atoms with E-state index in [9.17, 15) is 0 Å². The van der Waals surface area contributed by atoms with E-state index in [0.29, 0.717) is 0 Å². The standard InChI is InChI=1S/C12H15N.C9H8N2/c1-4-10-6-2-8-13-9-3-7-11(5-1)12(10)13;10-8-5-1-3-7-4-2-6-11-9(7)8/h1,4-5H,2-3,6-9H2;1-6H,10H2. The average Bonchev–Trinajstić information content (AvgIpc) is 2.64. The monoisotopic (exact) mass is 317 g/mol. The van der Waals surface area contributed by atoms with Crippen molar-refractivity contribution in [3.05, 3.63) is 65.9 Å². The van der Waals surface area contributed by atoms with Crippen molar-refractivity contribution in [2.24, 2.45) is 0 Å². The summed E-state index contributed by atoms with van der Waals surface area (Å²) in [5.41, 5.74) is 12.1. The Hall–Kier alpha value is -2.55. The molecule has 2 aliphatic rings. The average molecular weight is 317 g/mol. The van der Waals surface area contributed by atoms with Gasteiger partial charge in [-0.15, -0.1) is 0 Å². The van der Waals surface area contributed by atoms with Crippen LogP contribution >= 0.6 is 0 Å². The second kappa shape index (κ2) is 6.52. The van der Waals surface area contributed by atoms with Gasteiger partial charge in [0.05, 0.1) is 11.2 Å². The lowest BCUT2D eigenvalue weighted by Gasteiger charge is -2.36. The quantitative estimate of drug-likeness (QED) is 0.632. The smallest absolute Gasteiger partial charge is 0.0931 e. The van der Waals surface area contributed by atoms with Crippen molar-refractivity contribution >= 4 is 22.3 Å². The van der Waals surface area contributed by atoms with Crippen molar-refractivity contribution in [1.82, 2.24) is 4.98 Å². The number of aryl methyl sites for hydroxylation is 2. The molecule has 2 aromatic carbocycles. The summed E-state index contributed by atoms with van der Waals surface area (Å²) < 4.78 is 0. The molecule has 0 aliphatic carbocycles. The summed E-state index contributed by atoms with van der Waals surface area (Å²) in [6.07, 6.45) is 7.02. The van der Waals surface area contributed by atoms with Crippen molar-refractivity contribution < 1.29 is 0 Å². The van der Waals surface area contributed by atoms with Crippen LogP contribution in [0.4, 0.5) is 11.4 Å². The lowest BCUT2D eigenvalue weighted by molar-refractivity contribution is 0.634. The summed E-state index contributed by atoms with van der Waals surface area (Å²) in [4.78, 5) is 6.74. The predicted octanol–water partition coefficient (Wildman–Crippen LogP) is 4.20. The zero-order valence-electron chi connectivity index (χ0n) is 13.9. The Morgan fingerprint density at radius 1 is 0.833 bits per heavy atom. The molecule has 0 saturated carbocycles. The Bertz CT molecular complexity index is 823. The van der Waals surface area contributed by atoms with Crippen molar-refractivity contribution in [2.75, 3.05) is 23.7 Å². The fraction of sp³-hybridized carbons (Fsp3) is 0.286. The molecule has 5 rings (SSSR count). The van der Waals surface area contributed by atoms with Gasteiger partial charge in [0.25, 0.3) is 0 Å². The molecule has 2 aliphatic heterocycles. The van der Waals surface area contributed by atoms with Crippen LogP contribution in [0.1, 0.15) is 24.0 Å². The minimum absolute atomic E-state index is 0.739. The van der Waals surface area contributed by atoms with Gasteiger partial charge in [-0.2, -0.15) is 0 Å². The van der Waals surface area contributed by atoms with E-state index in [2.05, 4.69) is 28.1 Å². The van der Waals surface area contributed by atoms with Gasteiger partial charge in [0.15, 0.2) is 0 Å². The van der Waals surface area contributed by atoms with E-state index < -0.39 is 0 Å². The van der Waals surface area contributed by atoms with E-state index in [0.717, 1.165) is 16.6 Å². The number of hydrogen-bond acceptors (Lipinski definition) is 3. The summed E-state index contributed by atoms with van der Waals surface area (Å²) in [5.74, 6) is 0. The first-order chi connectivity index (χ1) is 11.8. The van der Waals surface area contributed by atoms with Crippen LogP contribution in [-0.4, -0.2) is 18.1 Å². The van der Waals surface area contributed by atoms with Gasteiger partial charge in [-0.3, -0.25) is 4.98 Å². The van der Waals surface area contributed by atoms with Crippen molar-refractivity contribution in [3.8, 4) is 0 Å². The third-order valence-electron chi connectivity index (χ3n) is 4.93. The number of pyridine rings is 1. The van der Waals surface area contributed by atoms with Crippen molar-refractivity contribution in [3.63, 3.8) is 0 Å². The Morgan fingerprint density at radius 3 is 2.21 bits per heavy atom. The van der Waals surface area contributed by atoms with Crippen LogP contribution in [0.15, 0.2) is 54.7 Å². The van der Waals surface area contributed by atoms with E-state index >= 15 is 0 Å². The summed E-state index contributed by atoms with van der Waals surface area (Å²) in [6, 6.07) is 16.5. The number of nitrogens with two attached hydrogens (primary N) is 1. The Labute approximate surface area is 143 Å². The van der Waals surface area contributed by atoms with Gasteiger partial charge < -0.3 is 10.6 Å². The van der Waals surface area contributed by atoms with Gasteiger partial charge in [0, 0.05) is 30.4 Å². The highest BCUT2D eigenvalue weighted by Gasteiger charge is 2.22. The van der Waals surface area contributed by atoms with Crippen molar-refractivity contribution in [1.29, 1.82) is 0 Å². The van der Waals surface area contributed by atoms with Crippen LogP contribution < -0.4 is 10.6 Å². The molecule has 122 valence electrons. The molecule has 0 radical (unpaired) electrons. The lowest BCUT2D eigenvalue weighted by Crippen LogP contribution is -2.34. The number of anilines is 2. The van der Waals surface area contributed by atoms with Crippen LogP contribution in [0, 0.1) is 0 Å². The molecule has 3 aromatic rings. The maximum absolute atomic E-state index is 5.69. The maximum Gasteiger partial charge on any atom is 0.0931 e. The highest BCUT2D eigenvalue weighted by Crippen LogP contribution is 2.34. The summed E-state index contributed by atoms with van der Waals surface area (Å²) in [6.45, 7) is 2.56. The molecule has 0 bridgehead atoms. The topological polar surface area (TPSA) is 42.1 Å². The number of benzene rings is 2. The number of nitrogen functional groups attached to an aromatic ring is 1. The van der Waals surface area contributed by atoms with Gasteiger partial charge in [0.2, 0.25) is 0 Å². The first kappa shape index (κ1) is 15.0. The van der Waals surface area contributed by atoms with E-state index in [1.165, 1.54) is 38.8 Å². The summed E-state index contributed by atoms with van der Waals surface area (Å²) >= 11 is 0. The second-order valence-electron chi connectivity index (χ2n) is 6.54. The number of fused-ring (bicyclic) bond motifs is 1. The lowest BCUT2D eigenvalue weighted by atomic mass is 9.92. The highest BCUT2D eigenvalue weighted by molar-refractivity contribution is 5.88. The second-order valence-corrected chi connectivity index (χ2v) is 6.54. The fourth-order valence-corrected chi connectivity index (χ4v) is 3.84. The molecule has 3 heteroatoms. The summed E-state index contributed by atoms with van der Waals surface area (Å²) in [5, 5.41) is 1.09. The Balaban J connectivity index is 0.000000123. The third-order valence-corrected chi connectivity index (χ3v) is 4.93. The molecule has 0 atom stereocenters. The molecule has 0 spiro atoms. The van der Waals surface area contributed by atoms with Crippen LogP contribution in [-0.2, 0) is 12.8 Å². The first-order valence-electron chi connectivity index (χ1n) is 8.78. The zero-order chi connectivity index (χ0) is 16.4. The maximum atomic E-state index is 5.69. The van der Waals surface area contributed by atoms with Gasteiger partial charge in [-0.1, -0.05) is 36.4 Å². The van der Waals surface area contributed by atoms with E-state index in [-0.39, 0.29) is 0 Å². The molecule has 0 unspecified atom stereocenters. The van der Waals surface area contributed by atoms with Gasteiger partial charge in [-0.25, -0.2) is 0 Å². The molecule has 3 heterocycles. The van der Waals surface area contributed by atoms with Gasteiger partial charge in [0.1, 0.15) is 0 Å². The van der Waals surface area contributed by atoms with Crippen LogP contribution in [0.5, 0.6) is 0 Å². The zero-order valence-corrected chi connectivity index (χ0v) is 13.9. The molecule has 0 fully saturated rings. The van der Waals surface area contributed by atoms with E-state index in [1.807, 2.05) is 30.3 Å². The number of aromatic nitrogens is 1. The molecule has 24 heavy (non-hydrogen) atoms. The van der Waals surface area contributed by atoms with Crippen molar-refractivity contribution in [2.45, 2.75) is 25.7 Å². The minimum Gasteiger partial charge on any atom is -0.397 e. The molecule has 1 aromatic heterocycles. The number of rotatable bonds is 0. The van der Waals surface area contributed by atoms with Gasteiger partial charge >= 0.3 is 0 Å². The summed E-state index contributed by atoms with van der Waals surface area (Å²) in [7, 11) is 0. The fourth-order valence-electron chi connectivity index (χ4n) is 3.84. The molecule has 2 N–H and O–H groups in total. The first-order valence-corrected chi connectivity index (χ1v) is 8.78. The van der Waals surface area contributed by atoms with Gasteiger partial charge in [-0.05, 0) is 48.9 Å². The molecule has 0 amide bonds. The van der Waals surface area contributed by atoms with E-state index in [1.54, 1.807) is 23.0 Å².